The number of guanidine groups is 1. The van der Waals surface area contributed by atoms with Gasteiger partial charge in [-0.3, -0.25) is 4.99 Å². The van der Waals surface area contributed by atoms with Crippen molar-refractivity contribution in [2.75, 3.05) is 19.7 Å². The van der Waals surface area contributed by atoms with Gasteiger partial charge in [-0.2, -0.15) is 0 Å². The van der Waals surface area contributed by atoms with E-state index in [4.69, 9.17) is 14.5 Å². The third kappa shape index (κ3) is 5.70. The van der Waals surface area contributed by atoms with Crippen molar-refractivity contribution in [3.63, 3.8) is 0 Å². The van der Waals surface area contributed by atoms with E-state index < -0.39 is 11.7 Å². The number of rotatable bonds is 6. The fourth-order valence-corrected chi connectivity index (χ4v) is 4.64. The third-order valence-electron chi connectivity index (χ3n) is 6.06. The number of ether oxygens (including phenoxy) is 2. The second kappa shape index (κ2) is 9.47. The summed E-state index contributed by atoms with van der Waals surface area (Å²) in [6, 6.07) is 9.89. The number of fused-ring (bicyclic) bond motifs is 1. The molecule has 1 aliphatic heterocycles. The van der Waals surface area contributed by atoms with Gasteiger partial charge in [-0.05, 0) is 39.7 Å². The molecule has 31 heavy (non-hydrogen) atoms. The van der Waals surface area contributed by atoms with Crippen molar-refractivity contribution in [2.45, 2.75) is 71.8 Å². The quantitative estimate of drug-likeness (QED) is 0.474. The van der Waals surface area contributed by atoms with Gasteiger partial charge >= 0.3 is 6.09 Å². The molecule has 2 fully saturated rings. The molecule has 0 aromatic heterocycles. The van der Waals surface area contributed by atoms with Crippen LogP contribution in [-0.4, -0.2) is 49.5 Å². The number of hydrogen-bond acceptors (Lipinski definition) is 4. The van der Waals surface area contributed by atoms with Crippen LogP contribution in [-0.2, 0) is 9.47 Å². The van der Waals surface area contributed by atoms with E-state index in [1.54, 1.807) is 0 Å². The molecule has 7 heteroatoms. The van der Waals surface area contributed by atoms with Crippen LogP contribution in [0.5, 0.6) is 0 Å². The maximum atomic E-state index is 12.4. The van der Waals surface area contributed by atoms with Crippen LogP contribution in [0.15, 0.2) is 35.3 Å². The first-order chi connectivity index (χ1) is 14.6. The maximum absolute atomic E-state index is 12.4. The number of aliphatic imine (C=N–C) groups is 1. The van der Waals surface area contributed by atoms with Crippen LogP contribution in [0, 0.1) is 11.3 Å². The van der Waals surface area contributed by atoms with Crippen LogP contribution in [0.4, 0.5) is 4.79 Å². The molecule has 1 saturated heterocycles. The second-order valence-electron chi connectivity index (χ2n) is 10.0. The Labute approximate surface area is 186 Å². The standard InChI is InChI=1S/C24H38N4O3/c1-7-25-21(28-19-17-13-14-30-20(17)24(19,5)6)26-15-18(16-11-9-8-10-12-16)27-22(29)31-23(2,3)4/h8-12,17-20H,7,13-15H2,1-6H3,(H,27,29)(H2,25,26,28). The topological polar surface area (TPSA) is 84.0 Å². The predicted molar refractivity (Wildman–Crippen MR) is 123 cm³/mol. The summed E-state index contributed by atoms with van der Waals surface area (Å²) in [5.74, 6) is 1.28. The Balaban J connectivity index is 1.72. The molecule has 3 rings (SSSR count). The zero-order valence-electron chi connectivity index (χ0n) is 19.7. The zero-order valence-corrected chi connectivity index (χ0v) is 19.7. The largest absolute Gasteiger partial charge is 0.444 e. The summed E-state index contributed by atoms with van der Waals surface area (Å²) in [5.41, 5.74) is 0.493. The highest BCUT2D eigenvalue weighted by Crippen LogP contribution is 2.52. The second-order valence-corrected chi connectivity index (χ2v) is 10.0. The third-order valence-corrected chi connectivity index (χ3v) is 6.06. The van der Waals surface area contributed by atoms with E-state index in [1.807, 2.05) is 51.1 Å². The molecule has 1 saturated carbocycles. The molecule has 1 aromatic carbocycles. The molecule has 4 atom stereocenters. The van der Waals surface area contributed by atoms with Gasteiger partial charge in [0.15, 0.2) is 5.96 Å². The monoisotopic (exact) mass is 430 g/mol. The number of amides is 1. The van der Waals surface area contributed by atoms with Gasteiger partial charge in [-0.15, -0.1) is 0 Å². The molecular weight excluding hydrogens is 392 g/mol. The van der Waals surface area contributed by atoms with Crippen LogP contribution in [0.3, 0.4) is 0 Å². The molecule has 0 spiro atoms. The minimum atomic E-state index is -0.555. The lowest BCUT2D eigenvalue weighted by Crippen LogP contribution is -2.68. The minimum absolute atomic E-state index is 0.0605. The Morgan fingerprint density at radius 2 is 2.00 bits per heavy atom. The fraction of sp³-hybridized carbons (Fsp3) is 0.667. The lowest BCUT2D eigenvalue weighted by Gasteiger charge is -2.54. The molecule has 0 radical (unpaired) electrons. The SMILES string of the molecule is CCNC(=NCC(NC(=O)OC(C)(C)C)c1ccccc1)NC1C2CCOC2C1(C)C. The first-order valence-corrected chi connectivity index (χ1v) is 11.3. The van der Waals surface area contributed by atoms with E-state index >= 15 is 0 Å². The number of carbonyl (C=O) groups is 1. The number of benzene rings is 1. The minimum Gasteiger partial charge on any atom is -0.444 e. The molecule has 1 amide bonds. The van der Waals surface area contributed by atoms with Crippen molar-refractivity contribution >= 4 is 12.1 Å². The average Bonchev–Trinajstić information content (AvgIpc) is 3.15. The molecule has 1 heterocycles. The highest BCUT2D eigenvalue weighted by atomic mass is 16.6. The van der Waals surface area contributed by atoms with E-state index in [0.29, 0.717) is 24.6 Å². The maximum Gasteiger partial charge on any atom is 0.408 e. The summed E-state index contributed by atoms with van der Waals surface area (Å²) in [7, 11) is 0. The van der Waals surface area contributed by atoms with Gasteiger partial charge in [0.2, 0.25) is 0 Å². The van der Waals surface area contributed by atoms with Crippen molar-refractivity contribution in [3.8, 4) is 0 Å². The van der Waals surface area contributed by atoms with E-state index in [1.165, 1.54) is 0 Å². The Morgan fingerprint density at radius 3 is 2.65 bits per heavy atom. The van der Waals surface area contributed by atoms with Crippen molar-refractivity contribution < 1.29 is 14.3 Å². The first-order valence-electron chi connectivity index (χ1n) is 11.3. The molecule has 4 unspecified atom stereocenters. The van der Waals surface area contributed by atoms with Crippen molar-refractivity contribution in [3.05, 3.63) is 35.9 Å². The normalized spacial score (nSPS) is 25.7. The van der Waals surface area contributed by atoms with Crippen molar-refractivity contribution in [1.29, 1.82) is 0 Å². The summed E-state index contributed by atoms with van der Waals surface area (Å²) in [6.07, 6.45) is 0.956. The smallest absolute Gasteiger partial charge is 0.408 e. The van der Waals surface area contributed by atoms with Gasteiger partial charge < -0.3 is 25.4 Å². The summed E-state index contributed by atoms with van der Waals surface area (Å²) < 4.78 is 11.4. The fourth-order valence-electron chi connectivity index (χ4n) is 4.64. The van der Waals surface area contributed by atoms with Gasteiger partial charge in [0.05, 0.1) is 18.7 Å². The van der Waals surface area contributed by atoms with Gasteiger partial charge in [0, 0.05) is 30.5 Å². The lowest BCUT2D eigenvalue weighted by atomic mass is 9.57. The van der Waals surface area contributed by atoms with Gasteiger partial charge in [-0.1, -0.05) is 44.2 Å². The average molecular weight is 431 g/mol. The number of carbonyl (C=O) groups excluding carboxylic acids is 1. The van der Waals surface area contributed by atoms with E-state index in [2.05, 4.69) is 36.7 Å². The van der Waals surface area contributed by atoms with Crippen LogP contribution in [0.25, 0.3) is 0 Å². The first kappa shape index (κ1) is 23.4. The number of alkyl carbamates (subject to hydrolysis) is 1. The van der Waals surface area contributed by atoms with E-state index in [0.717, 1.165) is 31.1 Å². The Hall–Kier alpha value is -2.28. The van der Waals surface area contributed by atoms with E-state index in [9.17, 15) is 4.79 Å². The van der Waals surface area contributed by atoms with Crippen LogP contribution in [0.1, 0.15) is 59.6 Å². The lowest BCUT2D eigenvalue weighted by molar-refractivity contribution is -0.106. The molecular formula is C24H38N4O3. The number of hydrogen-bond donors (Lipinski definition) is 3. The molecule has 3 N–H and O–H groups in total. The Bertz CT molecular complexity index is 773. The van der Waals surface area contributed by atoms with Crippen molar-refractivity contribution in [1.82, 2.24) is 16.0 Å². The molecule has 1 aliphatic carbocycles. The highest BCUT2D eigenvalue weighted by Gasteiger charge is 2.59. The molecule has 1 aromatic rings. The molecule has 2 aliphatic rings. The number of nitrogens with zero attached hydrogens (tertiary/aromatic N) is 1. The molecule has 172 valence electrons. The molecule has 7 nitrogen and oxygen atoms in total. The van der Waals surface area contributed by atoms with Crippen molar-refractivity contribution in [2.24, 2.45) is 16.3 Å². The summed E-state index contributed by atoms with van der Waals surface area (Å²) >= 11 is 0. The van der Waals surface area contributed by atoms with Gasteiger partial charge in [0.25, 0.3) is 0 Å². The Kier molecular flexibility index (Phi) is 7.14. The molecule has 0 bridgehead atoms. The zero-order chi connectivity index (χ0) is 22.6. The predicted octanol–water partition coefficient (Wildman–Crippen LogP) is 3.62. The van der Waals surface area contributed by atoms with E-state index in [-0.39, 0.29) is 11.5 Å². The van der Waals surface area contributed by atoms with Gasteiger partial charge in [0.1, 0.15) is 5.60 Å². The van der Waals surface area contributed by atoms with Crippen LogP contribution >= 0.6 is 0 Å². The highest BCUT2D eigenvalue weighted by molar-refractivity contribution is 5.80. The summed E-state index contributed by atoms with van der Waals surface area (Å²) in [5, 5.41) is 9.96. The van der Waals surface area contributed by atoms with Crippen LogP contribution < -0.4 is 16.0 Å². The number of nitrogens with one attached hydrogen (secondary N) is 3. The van der Waals surface area contributed by atoms with Gasteiger partial charge in [-0.25, -0.2) is 4.79 Å². The Morgan fingerprint density at radius 1 is 1.29 bits per heavy atom. The summed E-state index contributed by atoms with van der Waals surface area (Å²) in [6.45, 7) is 14.1. The van der Waals surface area contributed by atoms with Crippen LogP contribution in [0.2, 0.25) is 0 Å². The summed E-state index contributed by atoms with van der Waals surface area (Å²) in [4.78, 5) is 17.3.